The van der Waals surface area contributed by atoms with Gasteiger partial charge in [-0.1, -0.05) is 31.4 Å². The Hall–Kier alpha value is -2.03. The third-order valence-corrected chi connectivity index (χ3v) is 2.70. The molecule has 0 unspecified atom stereocenters. The van der Waals surface area contributed by atoms with E-state index in [-0.39, 0.29) is 5.91 Å². The van der Waals surface area contributed by atoms with Gasteiger partial charge in [0.2, 0.25) is 0 Å². The van der Waals surface area contributed by atoms with Crippen LogP contribution in [0.25, 0.3) is 5.70 Å². The summed E-state index contributed by atoms with van der Waals surface area (Å²) in [4.78, 5) is 13.7. The van der Waals surface area contributed by atoms with Crippen molar-refractivity contribution in [1.82, 2.24) is 4.90 Å². The van der Waals surface area contributed by atoms with E-state index < -0.39 is 0 Å². The molecule has 0 spiro atoms. The van der Waals surface area contributed by atoms with Crippen LogP contribution < -0.4 is 5.73 Å². The summed E-state index contributed by atoms with van der Waals surface area (Å²) in [6.07, 6.45) is 0.596. The van der Waals surface area contributed by atoms with Crippen LogP contribution in [0.1, 0.15) is 22.3 Å². The highest BCUT2D eigenvalue weighted by molar-refractivity contribution is 6.08. The Labute approximate surface area is 94.9 Å². The van der Waals surface area contributed by atoms with E-state index in [0.29, 0.717) is 18.7 Å². The maximum atomic E-state index is 12.0. The Morgan fingerprint density at radius 3 is 2.50 bits per heavy atom. The van der Waals surface area contributed by atoms with Crippen molar-refractivity contribution in [2.75, 3.05) is 6.54 Å². The molecule has 1 aliphatic rings. The van der Waals surface area contributed by atoms with E-state index in [4.69, 9.17) is 5.73 Å². The van der Waals surface area contributed by atoms with Crippen LogP contribution in [0.15, 0.2) is 43.1 Å². The van der Waals surface area contributed by atoms with E-state index in [1.54, 1.807) is 4.90 Å². The summed E-state index contributed by atoms with van der Waals surface area (Å²) in [5, 5.41) is 0. The maximum absolute atomic E-state index is 12.0. The van der Waals surface area contributed by atoms with Gasteiger partial charge in [-0.15, -0.1) is 0 Å². The molecule has 0 aromatic heterocycles. The fourth-order valence-electron chi connectivity index (χ4n) is 1.83. The lowest BCUT2D eigenvalue weighted by Crippen LogP contribution is -2.24. The minimum atomic E-state index is 0.00171. The smallest absolute Gasteiger partial charge is 0.258 e. The first-order valence-electron chi connectivity index (χ1n) is 5.14. The lowest BCUT2D eigenvalue weighted by atomic mass is 10.1. The van der Waals surface area contributed by atoms with Crippen LogP contribution in [0.2, 0.25) is 0 Å². The van der Waals surface area contributed by atoms with Crippen molar-refractivity contribution in [1.29, 1.82) is 0 Å². The standard InChI is InChI=1S/C13H14N2O/c1-9(14)7-8-15-10(2)11-5-3-4-6-12(11)13(15)16/h3-6H,1-2,7-8,14H2. The van der Waals surface area contributed by atoms with Gasteiger partial charge in [0.1, 0.15) is 0 Å². The molecule has 82 valence electrons. The third kappa shape index (κ3) is 1.60. The number of hydrogen-bond donors (Lipinski definition) is 1. The third-order valence-electron chi connectivity index (χ3n) is 2.70. The van der Waals surface area contributed by atoms with E-state index in [1.165, 1.54) is 0 Å². The van der Waals surface area contributed by atoms with Crippen LogP contribution in [-0.4, -0.2) is 17.4 Å². The highest BCUT2D eigenvalue weighted by atomic mass is 16.2. The van der Waals surface area contributed by atoms with E-state index in [2.05, 4.69) is 13.2 Å². The molecular formula is C13H14N2O. The molecule has 0 fully saturated rings. The number of carbonyl (C=O) groups excluding carboxylic acids is 1. The van der Waals surface area contributed by atoms with Crippen molar-refractivity contribution >= 4 is 11.6 Å². The Balaban J connectivity index is 2.25. The molecular weight excluding hydrogens is 200 g/mol. The minimum absolute atomic E-state index is 0.00171. The molecule has 1 aromatic rings. The van der Waals surface area contributed by atoms with Gasteiger partial charge in [-0.2, -0.15) is 0 Å². The van der Waals surface area contributed by atoms with Crippen LogP contribution in [0, 0.1) is 0 Å². The van der Waals surface area contributed by atoms with Gasteiger partial charge in [0.15, 0.2) is 0 Å². The van der Waals surface area contributed by atoms with Crippen molar-refractivity contribution in [3.8, 4) is 0 Å². The molecule has 1 heterocycles. The quantitative estimate of drug-likeness (QED) is 0.836. The van der Waals surface area contributed by atoms with Gasteiger partial charge in [0.25, 0.3) is 5.91 Å². The molecule has 1 amide bonds. The van der Waals surface area contributed by atoms with Gasteiger partial charge < -0.3 is 10.6 Å². The topological polar surface area (TPSA) is 46.3 Å². The lowest BCUT2D eigenvalue weighted by molar-refractivity contribution is 0.0852. The molecule has 3 heteroatoms. The number of nitrogens with two attached hydrogens (primary N) is 1. The van der Waals surface area contributed by atoms with Crippen molar-refractivity contribution in [2.24, 2.45) is 5.73 Å². The monoisotopic (exact) mass is 214 g/mol. The first kappa shape index (κ1) is 10.5. The summed E-state index contributed by atoms with van der Waals surface area (Å²) in [6.45, 7) is 8.11. The number of nitrogens with zero attached hydrogens (tertiary/aromatic N) is 1. The van der Waals surface area contributed by atoms with Gasteiger partial charge >= 0.3 is 0 Å². The number of amides is 1. The molecule has 0 radical (unpaired) electrons. The van der Waals surface area contributed by atoms with Gasteiger partial charge in [-0.05, 0) is 6.07 Å². The van der Waals surface area contributed by atoms with Crippen molar-refractivity contribution < 1.29 is 4.79 Å². The van der Waals surface area contributed by atoms with Crippen molar-refractivity contribution in [3.05, 3.63) is 54.2 Å². The molecule has 0 saturated heterocycles. The fourth-order valence-corrected chi connectivity index (χ4v) is 1.83. The second kappa shape index (κ2) is 3.85. The van der Waals surface area contributed by atoms with E-state index in [0.717, 1.165) is 16.8 Å². The van der Waals surface area contributed by atoms with Crippen molar-refractivity contribution in [3.63, 3.8) is 0 Å². The Morgan fingerprint density at radius 2 is 1.94 bits per heavy atom. The second-order valence-corrected chi connectivity index (χ2v) is 3.86. The summed E-state index contributed by atoms with van der Waals surface area (Å²) in [7, 11) is 0. The van der Waals surface area contributed by atoms with E-state index in [9.17, 15) is 4.79 Å². The van der Waals surface area contributed by atoms with Gasteiger partial charge in [-0.25, -0.2) is 0 Å². The van der Waals surface area contributed by atoms with Crippen LogP contribution in [0.4, 0.5) is 0 Å². The Morgan fingerprint density at radius 1 is 1.31 bits per heavy atom. The maximum Gasteiger partial charge on any atom is 0.258 e. The predicted molar refractivity (Wildman–Crippen MR) is 64.5 cm³/mol. The normalized spacial score (nSPS) is 14.1. The number of fused-ring (bicyclic) bond motifs is 1. The molecule has 0 bridgehead atoms. The van der Waals surface area contributed by atoms with Crippen LogP contribution in [0.3, 0.4) is 0 Å². The van der Waals surface area contributed by atoms with Crippen LogP contribution in [0.5, 0.6) is 0 Å². The summed E-state index contributed by atoms with van der Waals surface area (Å²) in [5.74, 6) is 0.00171. The second-order valence-electron chi connectivity index (χ2n) is 3.86. The molecule has 1 aliphatic heterocycles. The zero-order chi connectivity index (χ0) is 11.7. The molecule has 2 N–H and O–H groups in total. The first-order valence-corrected chi connectivity index (χ1v) is 5.14. The highest BCUT2D eigenvalue weighted by Crippen LogP contribution is 2.31. The largest absolute Gasteiger partial charge is 0.402 e. The highest BCUT2D eigenvalue weighted by Gasteiger charge is 2.29. The summed E-state index contributed by atoms with van der Waals surface area (Å²) in [5.41, 5.74) is 8.47. The number of benzene rings is 1. The zero-order valence-corrected chi connectivity index (χ0v) is 9.07. The Kier molecular flexibility index (Phi) is 2.52. The SMILES string of the molecule is C=C(N)CCN1C(=C)c2ccccc2C1=O. The molecule has 0 atom stereocenters. The van der Waals surface area contributed by atoms with Gasteiger partial charge in [-0.3, -0.25) is 4.79 Å². The summed E-state index contributed by atoms with van der Waals surface area (Å²) < 4.78 is 0. The van der Waals surface area contributed by atoms with Gasteiger partial charge in [0.05, 0.1) is 0 Å². The number of carbonyl (C=O) groups is 1. The van der Waals surface area contributed by atoms with Crippen LogP contribution >= 0.6 is 0 Å². The van der Waals surface area contributed by atoms with Crippen LogP contribution in [-0.2, 0) is 0 Å². The average Bonchev–Trinajstić information content (AvgIpc) is 2.50. The lowest BCUT2D eigenvalue weighted by Gasteiger charge is -2.16. The van der Waals surface area contributed by atoms with E-state index >= 15 is 0 Å². The number of rotatable bonds is 3. The summed E-state index contributed by atoms with van der Waals surface area (Å²) >= 11 is 0. The Bertz CT molecular complexity index is 442. The molecule has 1 aromatic carbocycles. The molecule has 2 rings (SSSR count). The first-order chi connectivity index (χ1) is 7.61. The summed E-state index contributed by atoms with van der Waals surface area (Å²) in [6, 6.07) is 7.49. The zero-order valence-electron chi connectivity index (χ0n) is 9.07. The number of hydrogen-bond acceptors (Lipinski definition) is 2. The van der Waals surface area contributed by atoms with E-state index in [1.807, 2.05) is 24.3 Å². The molecule has 3 nitrogen and oxygen atoms in total. The van der Waals surface area contributed by atoms with Crippen molar-refractivity contribution in [2.45, 2.75) is 6.42 Å². The average molecular weight is 214 g/mol. The molecule has 0 saturated carbocycles. The molecule has 16 heavy (non-hydrogen) atoms. The minimum Gasteiger partial charge on any atom is -0.402 e. The predicted octanol–water partition coefficient (Wildman–Crippen LogP) is 1.98. The molecule has 0 aliphatic carbocycles. The van der Waals surface area contributed by atoms with Gasteiger partial charge in [0, 0.05) is 35.5 Å². The fraction of sp³-hybridized carbons (Fsp3) is 0.154.